The number of amides is 1. The fourth-order valence-electron chi connectivity index (χ4n) is 3.65. The molecule has 0 spiro atoms. The third kappa shape index (κ3) is 4.52. The minimum atomic E-state index is -0.0576. The largest absolute Gasteiger partial charge is 0.279 e. The highest BCUT2D eigenvalue weighted by molar-refractivity contribution is 7.22. The van der Waals surface area contributed by atoms with E-state index in [-0.39, 0.29) is 11.3 Å². The van der Waals surface area contributed by atoms with Crippen LogP contribution in [0.2, 0.25) is 0 Å². The molecule has 0 unspecified atom stereocenters. The van der Waals surface area contributed by atoms with Crippen LogP contribution in [0.4, 0.5) is 5.13 Å². The second kappa shape index (κ2) is 8.23. The molecular weight excluding hydrogens is 402 g/mol. The quantitative estimate of drug-likeness (QED) is 0.374. The highest BCUT2D eigenvalue weighted by Gasteiger charge is 2.23. The highest BCUT2D eigenvalue weighted by atomic mass is 32.1. The van der Waals surface area contributed by atoms with Crippen LogP contribution in [0.15, 0.2) is 60.9 Å². The first-order valence-corrected chi connectivity index (χ1v) is 11.2. The van der Waals surface area contributed by atoms with Gasteiger partial charge in [0.2, 0.25) is 0 Å². The van der Waals surface area contributed by atoms with E-state index in [1.165, 1.54) is 16.7 Å². The molecule has 0 saturated heterocycles. The van der Waals surface area contributed by atoms with Crippen molar-refractivity contribution in [2.45, 2.75) is 46.6 Å². The normalized spacial score (nSPS) is 11.6. The summed E-state index contributed by atoms with van der Waals surface area (Å²) in [5.74, 6) is -0.0576. The van der Waals surface area contributed by atoms with Crippen molar-refractivity contribution in [2.75, 3.05) is 4.90 Å². The van der Waals surface area contributed by atoms with Crippen molar-refractivity contribution in [3.8, 4) is 0 Å². The second-order valence-electron chi connectivity index (χ2n) is 9.01. The molecule has 31 heavy (non-hydrogen) atoms. The van der Waals surface area contributed by atoms with Gasteiger partial charge in [-0.1, -0.05) is 56.4 Å². The summed E-state index contributed by atoms with van der Waals surface area (Å²) in [6, 6.07) is 16.0. The highest BCUT2D eigenvalue weighted by Crippen LogP contribution is 2.34. The summed E-state index contributed by atoms with van der Waals surface area (Å²) in [4.78, 5) is 24.4. The zero-order chi connectivity index (χ0) is 22.2. The molecule has 2 heterocycles. The number of benzene rings is 2. The van der Waals surface area contributed by atoms with E-state index < -0.39 is 0 Å². The van der Waals surface area contributed by atoms with Crippen molar-refractivity contribution in [3.63, 3.8) is 0 Å². The SMILES string of the molecule is Cc1cc(C)c2sc(N(Cc3cccnc3)C(=O)c3ccc(C(C)(C)C)cc3)nc2c1. The van der Waals surface area contributed by atoms with E-state index >= 15 is 0 Å². The Bertz CT molecular complexity index is 1220. The van der Waals surface area contributed by atoms with Crippen molar-refractivity contribution < 1.29 is 4.79 Å². The minimum absolute atomic E-state index is 0.0411. The second-order valence-corrected chi connectivity index (χ2v) is 9.98. The summed E-state index contributed by atoms with van der Waals surface area (Å²) in [6.45, 7) is 11.1. The summed E-state index contributed by atoms with van der Waals surface area (Å²) in [6.07, 6.45) is 3.54. The summed E-state index contributed by atoms with van der Waals surface area (Å²) >= 11 is 1.56. The first-order valence-electron chi connectivity index (χ1n) is 10.4. The Morgan fingerprint density at radius 1 is 1.06 bits per heavy atom. The lowest BCUT2D eigenvalue weighted by atomic mass is 9.86. The lowest BCUT2D eigenvalue weighted by Crippen LogP contribution is -2.30. The molecule has 0 fully saturated rings. The fraction of sp³-hybridized carbons (Fsp3) is 0.269. The average molecular weight is 430 g/mol. The van der Waals surface area contributed by atoms with Gasteiger partial charge in [0.1, 0.15) is 0 Å². The van der Waals surface area contributed by atoms with Crippen LogP contribution in [0.25, 0.3) is 10.2 Å². The zero-order valence-electron chi connectivity index (χ0n) is 18.6. The molecule has 2 aromatic heterocycles. The third-order valence-corrected chi connectivity index (χ3v) is 6.58. The number of aromatic nitrogens is 2. The molecule has 0 aliphatic heterocycles. The Labute approximate surface area is 187 Å². The molecule has 0 bridgehead atoms. The number of nitrogens with zero attached hydrogens (tertiary/aromatic N) is 3. The number of carbonyl (C=O) groups excluding carboxylic acids is 1. The van der Waals surface area contributed by atoms with Crippen LogP contribution < -0.4 is 4.90 Å². The van der Waals surface area contributed by atoms with Crippen LogP contribution in [0.5, 0.6) is 0 Å². The molecule has 0 atom stereocenters. The molecule has 0 aliphatic rings. The Kier molecular flexibility index (Phi) is 5.63. The Balaban J connectivity index is 1.76. The van der Waals surface area contributed by atoms with E-state index in [1.807, 2.05) is 36.4 Å². The minimum Gasteiger partial charge on any atom is -0.279 e. The van der Waals surface area contributed by atoms with E-state index in [2.05, 4.69) is 51.7 Å². The van der Waals surface area contributed by atoms with Gasteiger partial charge in [-0.2, -0.15) is 0 Å². The maximum atomic E-state index is 13.6. The average Bonchev–Trinajstić information content (AvgIpc) is 3.16. The van der Waals surface area contributed by atoms with Crippen LogP contribution in [0.1, 0.15) is 53.4 Å². The number of fused-ring (bicyclic) bond motifs is 1. The number of hydrogen-bond acceptors (Lipinski definition) is 4. The van der Waals surface area contributed by atoms with Crippen LogP contribution >= 0.6 is 11.3 Å². The van der Waals surface area contributed by atoms with Crippen LogP contribution in [-0.4, -0.2) is 15.9 Å². The number of hydrogen-bond donors (Lipinski definition) is 0. The first-order chi connectivity index (χ1) is 14.7. The smallest absolute Gasteiger partial charge is 0.260 e. The molecule has 5 heteroatoms. The predicted octanol–water partition coefficient (Wildman–Crippen LogP) is 6.45. The Morgan fingerprint density at radius 3 is 2.45 bits per heavy atom. The summed E-state index contributed by atoms with van der Waals surface area (Å²) in [7, 11) is 0. The molecule has 4 aromatic rings. The standard InChI is InChI=1S/C26H27N3OS/c1-17-13-18(2)23-22(14-17)28-25(31-23)29(16-19-7-6-12-27-15-19)24(30)20-8-10-21(11-9-20)26(3,4)5/h6-15H,16H2,1-5H3. The van der Waals surface area contributed by atoms with Crippen molar-refractivity contribution in [3.05, 3.63) is 88.7 Å². The molecule has 0 N–H and O–H groups in total. The third-order valence-electron chi connectivity index (χ3n) is 5.35. The van der Waals surface area contributed by atoms with Gasteiger partial charge in [-0.05, 0) is 65.8 Å². The van der Waals surface area contributed by atoms with Gasteiger partial charge >= 0.3 is 0 Å². The van der Waals surface area contributed by atoms with E-state index in [0.717, 1.165) is 15.8 Å². The van der Waals surface area contributed by atoms with Gasteiger partial charge in [0.05, 0.1) is 16.8 Å². The van der Waals surface area contributed by atoms with Gasteiger partial charge in [-0.15, -0.1) is 0 Å². The van der Waals surface area contributed by atoms with Gasteiger partial charge in [-0.3, -0.25) is 14.7 Å². The number of aryl methyl sites for hydroxylation is 2. The van der Waals surface area contributed by atoms with Gasteiger partial charge < -0.3 is 0 Å². The van der Waals surface area contributed by atoms with Crippen molar-refractivity contribution in [1.29, 1.82) is 0 Å². The fourth-order valence-corrected chi connectivity index (χ4v) is 4.66. The molecule has 0 aliphatic carbocycles. The first kappa shape index (κ1) is 21.2. The van der Waals surface area contributed by atoms with Crippen LogP contribution in [0.3, 0.4) is 0 Å². The molecule has 1 amide bonds. The number of thiazole rings is 1. The van der Waals surface area contributed by atoms with Crippen LogP contribution in [-0.2, 0) is 12.0 Å². The van der Waals surface area contributed by atoms with Crippen LogP contribution in [0, 0.1) is 13.8 Å². The molecular formula is C26H27N3OS. The van der Waals surface area contributed by atoms with Gasteiger partial charge in [-0.25, -0.2) is 4.98 Å². The van der Waals surface area contributed by atoms with Crippen molar-refractivity contribution in [2.24, 2.45) is 0 Å². The number of anilines is 1. The lowest BCUT2D eigenvalue weighted by Gasteiger charge is -2.22. The Hall–Kier alpha value is -3.05. The van der Waals surface area contributed by atoms with E-state index in [9.17, 15) is 4.79 Å². The summed E-state index contributed by atoms with van der Waals surface area (Å²) < 4.78 is 1.12. The summed E-state index contributed by atoms with van der Waals surface area (Å²) in [5.41, 5.74) is 6.16. The molecule has 4 rings (SSSR count). The lowest BCUT2D eigenvalue weighted by molar-refractivity contribution is 0.0985. The Morgan fingerprint density at radius 2 is 1.81 bits per heavy atom. The topological polar surface area (TPSA) is 46.1 Å². The molecule has 2 aromatic carbocycles. The van der Waals surface area contributed by atoms with Gasteiger partial charge in [0.15, 0.2) is 5.13 Å². The van der Waals surface area contributed by atoms with E-state index in [1.54, 1.807) is 28.6 Å². The van der Waals surface area contributed by atoms with Gasteiger partial charge in [0, 0.05) is 18.0 Å². The van der Waals surface area contributed by atoms with Crippen molar-refractivity contribution >= 4 is 32.6 Å². The monoisotopic (exact) mass is 429 g/mol. The molecule has 0 radical (unpaired) electrons. The predicted molar refractivity (Wildman–Crippen MR) is 129 cm³/mol. The van der Waals surface area contributed by atoms with E-state index in [4.69, 9.17) is 4.98 Å². The molecule has 4 nitrogen and oxygen atoms in total. The molecule has 158 valence electrons. The number of carbonyl (C=O) groups is 1. The zero-order valence-corrected chi connectivity index (χ0v) is 19.5. The van der Waals surface area contributed by atoms with Gasteiger partial charge in [0.25, 0.3) is 5.91 Å². The maximum absolute atomic E-state index is 13.6. The van der Waals surface area contributed by atoms with Crippen molar-refractivity contribution in [1.82, 2.24) is 9.97 Å². The maximum Gasteiger partial charge on any atom is 0.260 e. The van der Waals surface area contributed by atoms with E-state index in [0.29, 0.717) is 17.2 Å². The summed E-state index contributed by atoms with van der Waals surface area (Å²) in [5, 5.41) is 0.706. The number of pyridine rings is 1. The number of rotatable bonds is 4. The molecule has 0 saturated carbocycles.